The maximum absolute atomic E-state index is 3.67. The molecule has 3 aromatic rings. The molecule has 46 heavy (non-hydrogen) atoms. The van der Waals surface area contributed by atoms with E-state index >= 15 is 0 Å². The summed E-state index contributed by atoms with van der Waals surface area (Å²) in [5, 5.41) is 1.60. The van der Waals surface area contributed by atoms with E-state index in [1.54, 1.807) is 5.20 Å². The second-order valence-electron chi connectivity index (χ2n) is 16.7. The van der Waals surface area contributed by atoms with Gasteiger partial charge in [-0.1, -0.05) is 105 Å². The Morgan fingerprint density at radius 2 is 1.26 bits per heavy atom. The summed E-state index contributed by atoms with van der Waals surface area (Å²) in [4.78, 5) is 0. The van der Waals surface area contributed by atoms with Gasteiger partial charge in [-0.15, -0.1) is 11.1 Å². The van der Waals surface area contributed by atoms with Crippen molar-refractivity contribution in [3.63, 3.8) is 0 Å². The van der Waals surface area contributed by atoms with Crippen molar-refractivity contribution in [1.29, 1.82) is 0 Å². The first kappa shape index (κ1) is 42.7. The Hall–Kier alpha value is -1.31. The minimum Gasteiger partial charge on any atom is -1.00 e. The number of rotatable bonds is 2. The van der Waals surface area contributed by atoms with Gasteiger partial charge in [0.15, 0.2) is 0 Å². The van der Waals surface area contributed by atoms with Crippen LogP contribution in [0.3, 0.4) is 0 Å². The van der Waals surface area contributed by atoms with Crippen molar-refractivity contribution in [1.82, 2.24) is 0 Å². The topological polar surface area (TPSA) is 0 Å². The third-order valence-corrected chi connectivity index (χ3v) is 11.5. The molecule has 1 unspecified atom stereocenters. The Bertz CT molecular complexity index is 1470. The summed E-state index contributed by atoms with van der Waals surface area (Å²) in [6.07, 6.45) is 6.83. The van der Waals surface area contributed by atoms with Crippen LogP contribution in [-0.2, 0) is 46.9 Å². The van der Waals surface area contributed by atoms with Gasteiger partial charge >= 0.3 is 89.5 Å². The standard InChI is InChI=1S/C21H25.C11H14.C10H17Si.2ClH.Zr/c1-20(2,3)16-7-9-18-14(12-16)11-15-13-17(21(4,5)6)8-10-19(15)18;1-9-5-7-10(8-6-9)11(2,3)4;1-8-6-9(2)10(7-8)11(3,4)5;;;/h7-10,12H,11H2,1-6H3;1,5-8H,2-4H3;7-8H,1-5H3;2*1H;/q-1;;-1;;;+2/p-2. The van der Waals surface area contributed by atoms with Crippen molar-refractivity contribution in [3.8, 4) is 11.1 Å². The predicted octanol–water partition coefficient (Wildman–Crippen LogP) is 5.53. The number of allylic oxidation sites excluding steroid dienone is 4. The number of hydrogen-bond acceptors (Lipinski definition) is 0. The average molecular weight is 751 g/mol. The van der Waals surface area contributed by atoms with E-state index in [1.807, 2.05) is 0 Å². The van der Waals surface area contributed by atoms with Gasteiger partial charge < -0.3 is 24.8 Å². The fourth-order valence-electron chi connectivity index (χ4n) is 5.76. The molecule has 0 aliphatic heterocycles. The van der Waals surface area contributed by atoms with E-state index in [1.165, 1.54) is 74.3 Å². The fourth-order valence-corrected chi connectivity index (χ4v) is 8.18. The van der Waals surface area contributed by atoms with Gasteiger partial charge in [0.25, 0.3) is 0 Å². The second kappa shape index (κ2) is 16.4. The summed E-state index contributed by atoms with van der Waals surface area (Å²) >= 11 is 1.46. The van der Waals surface area contributed by atoms with E-state index in [0.717, 1.165) is 6.42 Å². The Kier molecular flexibility index (Phi) is 15.2. The first-order chi connectivity index (χ1) is 20.1. The van der Waals surface area contributed by atoms with Crippen molar-refractivity contribution in [3.05, 3.63) is 117 Å². The minimum absolute atomic E-state index is 0. The maximum Gasteiger partial charge on any atom is -0.0112 e. The van der Waals surface area contributed by atoms with Gasteiger partial charge in [-0.2, -0.15) is 29.8 Å². The molecule has 0 radical (unpaired) electrons. The number of halogens is 2. The Morgan fingerprint density at radius 3 is 1.67 bits per heavy atom. The molecule has 0 fully saturated rings. The molecule has 4 heteroatoms. The van der Waals surface area contributed by atoms with Crippen LogP contribution < -0.4 is 24.8 Å². The molecule has 5 rings (SSSR count). The molecule has 0 saturated heterocycles. The van der Waals surface area contributed by atoms with Gasteiger partial charge in [0, 0.05) is 0 Å². The molecule has 2 aliphatic rings. The Balaban J connectivity index is 0.000000365. The van der Waals surface area contributed by atoms with Gasteiger partial charge in [0.05, 0.1) is 0 Å². The molecule has 0 spiro atoms. The molecule has 0 aromatic heterocycles. The van der Waals surface area contributed by atoms with E-state index in [4.69, 9.17) is 0 Å². The van der Waals surface area contributed by atoms with Crippen LogP contribution in [-0.4, -0.2) is 11.8 Å². The van der Waals surface area contributed by atoms with Crippen LogP contribution in [0.25, 0.3) is 11.1 Å². The monoisotopic (exact) mass is 748 g/mol. The molecule has 0 heterocycles. The first-order valence-electron chi connectivity index (χ1n) is 16.2. The van der Waals surface area contributed by atoms with E-state index in [-0.39, 0.29) is 41.1 Å². The Morgan fingerprint density at radius 1 is 0.739 bits per heavy atom. The van der Waals surface area contributed by atoms with E-state index < -0.39 is 8.07 Å². The summed E-state index contributed by atoms with van der Waals surface area (Å²) in [6, 6.07) is 24.0. The molecule has 248 valence electrons. The molecule has 0 saturated carbocycles. The summed E-state index contributed by atoms with van der Waals surface area (Å²) in [6.45, 7) is 31.9. The quantitative estimate of drug-likeness (QED) is 0.187. The van der Waals surface area contributed by atoms with Gasteiger partial charge in [0.2, 0.25) is 0 Å². The van der Waals surface area contributed by atoms with Crippen molar-refractivity contribution in [2.24, 2.45) is 5.92 Å². The molecule has 0 nitrogen and oxygen atoms in total. The molecular weight excluding hydrogens is 695 g/mol. The van der Waals surface area contributed by atoms with Crippen LogP contribution in [0, 0.1) is 18.1 Å². The third kappa shape index (κ3) is 11.4. The van der Waals surface area contributed by atoms with Crippen LogP contribution in [0.5, 0.6) is 0 Å². The largest absolute Gasteiger partial charge is 1.00 e. The van der Waals surface area contributed by atoms with Crippen LogP contribution in [0.2, 0.25) is 19.6 Å². The Labute approximate surface area is 311 Å². The second-order valence-corrected chi connectivity index (χ2v) is 22.5. The molecule has 0 N–H and O–H groups in total. The smallest absolute Gasteiger partial charge is 0.0112 e. The van der Waals surface area contributed by atoms with Gasteiger partial charge in [-0.25, -0.2) is 10.8 Å². The van der Waals surface area contributed by atoms with Crippen LogP contribution in [0.15, 0.2) is 71.4 Å². The molecular formula is C42H56Cl2SiZr-2. The minimum atomic E-state index is -1.07. The van der Waals surface area contributed by atoms with Crippen molar-refractivity contribution in [2.75, 3.05) is 0 Å². The van der Waals surface area contributed by atoms with Gasteiger partial charge in [-0.3, -0.25) is 6.08 Å². The number of hydrogen-bond donors (Lipinski definition) is 0. The van der Waals surface area contributed by atoms with E-state index in [0.29, 0.717) is 5.92 Å². The summed E-state index contributed by atoms with van der Waals surface area (Å²) in [5.74, 6) is 0.553. The predicted molar refractivity (Wildman–Crippen MR) is 194 cm³/mol. The molecule has 1 atom stereocenters. The molecule has 0 amide bonds. The number of fused-ring (bicyclic) bond motifs is 3. The zero-order chi connectivity index (χ0) is 33.3. The van der Waals surface area contributed by atoms with Gasteiger partial charge in [0.1, 0.15) is 0 Å². The van der Waals surface area contributed by atoms with Crippen LogP contribution in [0.1, 0.15) is 110 Å². The molecule has 0 bridgehead atoms. The van der Waals surface area contributed by atoms with E-state index in [9.17, 15) is 0 Å². The average Bonchev–Trinajstić information content (AvgIpc) is 3.45. The summed E-state index contributed by atoms with van der Waals surface area (Å²) in [7, 11) is -1.07. The maximum atomic E-state index is 3.67. The van der Waals surface area contributed by atoms with E-state index in [2.05, 4.69) is 172 Å². The van der Waals surface area contributed by atoms with Crippen LogP contribution >= 0.6 is 0 Å². The summed E-state index contributed by atoms with van der Waals surface area (Å²) in [5.41, 5.74) is 13.1. The third-order valence-electron chi connectivity index (χ3n) is 8.48. The first-order valence-corrected chi connectivity index (χ1v) is 21.2. The number of benzene rings is 3. The van der Waals surface area contributed by atoms with Crippen molar-refractivity contribution < 1.29 is 49.0 Å². The fraction of sp³-hybridized carbons (Fsp3) is 0.452. The normalized spacial score (nSPS) is 15.3. The zero-order valence-corrected chi connectivity index (χ0v) is 35.9. The summed E-state index contributed by atoms with van der Waals surface area (Å²) < 4.78 is 2.21. The van der Waals surface area contributed by atoms with Crippen LogP contribution in [0.4, 0.5) is 0 Å². The van der Waals surface area contributed by atoms with Gasteiger partial charge in [-0.05, 0) is 36.5 Å². The van der Waals surface area contributed by atoms with Crippen molar-refractivity contribution >= 4 is 11.8 Å². The van der Waals surface area contributed by atoms with Crippen molar-refractivity contribution in [2.45, 2.75) is 118 Å². The SMILES string of the molecule is CC(C)(C)c1[c-]c2c(cc1)-c1ccc(C(C)(C)C)cc1C2.CC(C)(C)c1ccc([CH]=[Zr+2])cc1.CC1=[C-]C(C)C=C1[Si](C)(C)C.[Cl-].[Cl-]. The molecule has 3 aromatic carbocycles. The zero-order valence-electron chi connectivity index (χ0n) is 30.9. The molecule has 2 aliphatic carbocycles.